The molecule has 58 valence electrons. The van der Waals surface area contributed by atoms with Crippen LogP contribution in [0.3, 0.4) is 0 Å². The van der Waals surface area contributed by atoms with E-state index >= 15 is 0 Å². The molecule has 0 unspecified atom stereocenters. The van der Waals surface area contributed by atoms with Gasteiger partial charge in [0.05, 0.1) is 5.02 Å². The Morgan fingerprint density at radius 3 is 2.73 bits per heavy atom. The maximum Gasteiger partial charge on any atom is 0.165 e. The first-order chi connectivity index (χ1) is 5.15. The Morgan fingerprint density at radius 2 is 2.18 bits per heavy atom. The monoisotopic (exact) mass is 174 g/mol. The third-order valence-electron chi connectivity index (χ3n) is 1.19. The first kappa shape index (κ1) is 8.01. The van der Waals surface area contributed by atoms with Crippen molar-refractivity contribution in [2.75, 3.05) is 0 Å². The van der Waals surface area contributed by atoms with Gasteiger partial charge in [-0.15, -0.1) is 0 Å². The molecule has 0 aliphatic carbocycles. The molecule has 0 aliphatic heterocycles. The van der Waals surface area contributed by atoms with Crippen molar-refractivity contribution in [1.29, 1.82) is 0 Å². The van der Waals surface area contributed by atoms with Crippen molar-refractivity contribution >= 4 is 17.9 Å². The summed E-state index contributed by atoms with van der Waals surface area (Å²) in [4.78, 5) is 10.2. The van der Waals surface area contributed by atoms with Crippen LogP contribution < -0.4 is 0 Å². The minimum atomic E-state index is -0.850. The molecule has 0 fully saturated rings. The molecule has 0 aromatic heterocycles. The number of aldehydes is 1. The number of carbonyl (C=O) groups is 1. The van der Waals surface area contributed by atoms with Crippen molar-refractivity contribution < 1.29 is 14.3 Å². The van der Waals surface area contributed by atoms with Gasteiger partial charge in [-0.1, -0.05) is 11.6 Å². The fourth-order valence-corrected chi connectivity index (χ4v) is 0.844. The maximum atomic E-state index is 12.5. The summed E-state index contributed by atoms with van der Waals surface area (Å²) in [5, 5.41) is 8.79. The van der Waals surface area contributed by atoms with Gasteiger partial charge in [0.15, 0.2) is 17.9 Å². The molecule has 1 aromatic carbocycles. The van der Waals surface area contributed by atoms with Gasteiger partial charge < -0.3 is 5.11 Å². The lowest BCUT2D eigenvalue weighted by atomic mass is 10.2. The van der Waals surface area contributed by atoms with Crippen molar-refractivity contribution in [2.45, 2.75) is 0 Å². The zero-order valence-electron chi connectivity index (χ0n) is 5.34. The molecular weight excluding hydrogens is 171 g/mol. The van der Waals surface area contributed by atoms with Gasteiger partial charge in [0.1, 0.15) is 0 Å². The largest absolute Gasteiger partial charge is 0.505 e. The van der Waals surface area contributed by atoms with Gasteiger partial charge in [0.25, 0.3) is 0 Å². The molecule has 0 atom stereocenters. The van der Waals surface area contributed by atoms with Crippen LogP contribution in [0, 0.1) is 5.82 Å². The molecule has 4 heteroatoms. The Bertz CT molecular complexity index is 299. The molecule has 0 aliphatic rings. The van der Waals surface area contributed by atoms with E-state index in [0.29, 0.717) is 6.29 Å². The Kier molecular flexibility index (Phi) is 2.10. The Labute approximate surface area is 67.2 Å². The molecule has 1 N–H and O–H groups in total. The van der Waals surface area contributed by atoms with Gasteiger partial charge in [0.2, 0.25) is 0 Å². The molecular formula is C7H4ClFO2. The van der Waals surface area contributed by atoms with Crippen LogP contribution in [0.15, 0.2) is 12.1 Å². The number of hydrogen-bond donors (Lipinski definition) is 1. The first-order valence-corrected chi connectivity index (χ1v) is 3.16. The number of aromatic hydroxyl groups is 1. The normalized spacial score (nSPS) is 9.64. The maximum absolute atomic E-state index is 12.5. The van der Waals surface area contributed by atoms with E-state index in [1.807, 2.05) is 0 Å². The van der Waals surface area contributed by atoms with Gasteiger partial charge in [-0.2, -0.15) is 0 Å². The lowest BCUT2D eigenvalue weighted by Gasteiger charge is -1.97. The van der Waals surface area contributed by atoms with Crippen LogP contribution in [-0.2, 0) is 0 Å². The van der Waals surface area contributed by atoms with Crippen LogP contribution in [0.1, 0.15) is 10.4 Å². The third-order valence-corrected chi connectivity index (χ3v) is 1.52. The van der Waals surface area contributed by atoms with Gasteiger partial charge in [0, 0.05) is 11.6 Å². The summed E-state index contributed by atoms with van der Waals surface area (Å²) in [5.41, 5.74) is 0.0296. The quantitative estimate of drug-likeness (QED) is 0.662. The highest BCUT2D eigenvalue weighted by molar-refractivity contribution is 6.33. The number of rotatable bonds is 1. The number of halogens is 2. The number of carbonyl (C=O) groups excluding carboxylic acids is 1. The fraction of sp³-hybridized carbons (Fsp3) is 0. The minimum Gasteiger partial charge on any atom is -0.505 e. The van der Waals surface area contributed by atoms with Crippen LogP contribution >= 0.6 is 11.6 Å². The van der Waals surface area contributed by atoms with Crippen molar-refractivity contribution in [3.05, 3.63) is 28.5 Å². The molecule has 0 bridgehead atoms. The second-order valence-corrected chi connectivity index (χ2v) is 2.35. The molecule has 1 rings (SSSR count). The fourth-order valence-electron chi connectivity index (χ4n) is 0.642. The van der Waals surface area contributed by atoms with E-state index in [1.165, 1.54) is 0 Å². The van der Waals surface area contributed by atoms with E-state index in [0.717, 1.165) is 12.1 Å². The van der Waals surface area contributed by atoms with Crippen molar-refractivity contribution in [3.8, 4) is 5.75 Å². The second kappa shape index (κ2) is 2.88. The molecule has 2 nitrogen and oxygen atoms in total. The number of phenols is 1. The Balaban J connectivity index is 3.31. The highest BCUT2D eigenvalue weighted by atomic mass is 35.5. The van der Waals surface area contributed by atoms with Gasteiger partial charge in [-0.25, -0.2) is 4.39 Å². The van der Waals surface area contributed by atoms with Crippen LogP contribution in [-0.4, -0.2) is 11.4 Å². The zero-order chi connectivity index (χ0) is 8.43. The smallest absolute Gasteiger partial charge is 0.165 e. The van der Waals surface area contributed by atoms with Crippen LogP contribution in [0.5, 0.6) is 5.75 Å². The molecule has 0 saturated carbocycles. The number of benzene rings is 1. The van der Waals surface area contributed by atoms with Crippen molar-refractivity contribution in [2.24, 2.45) is 0 Å². The van der Waals surface area contributed by atoms with Gasteiger partial charge in [-0.05, 0) is 6.07 Å². The second-order valence-electron chi connectivity index (χ2n) is 1.94. The average molecular weight is 175 g/mol. The summed E-state index contributed by atoms with van der Waals surface area (Å²) in [7, 11) is 0. The van der Waals surface area contributed by atoms with Crippen LogP contribution in [0.25, 0.3) is 0 Å². The van der Waals surface area contributed by atoms with E-state index in [1.54, 1.807) is 0 Å². The summed E-state index contributed by atoms with van der Waals surface area (Å²) in [6.45, 7) is 0. The zero-order valence-corrected chi connectivity index (χ0v) is 6.10. The Hall–Kier alpha value is -1.09. The van der Waals surface area contributed by atoms with Crippen LogP contribution in [0.2, 0.25) is 5.02 Å². The van der Waals surface area contributed by atoms with Crippen LogP contribution in [0.4, 0.5) is 4.39 Å². The summed E-state index contributed by atoms with van der Waals surface area (Å²) in [6.07, 6.45) is 0.421. The van der Waals surface area contributed by atoms with E-state index < -0.39 is 11.6 Å². The van der Waals surface area contributed by atoms with Crippen molar-refractivity contribution in [1.82, 2.24) is 0 Å². The number of hydrogen-bond acceptors (Lipinski definition) is 2. The van der Waals surface area contributed by atoms with Crippen molar-refractivity contribution in [3.63, 3.8) is 0 Å². The van der Waals surface area contributed by atoms with E-state index in [9.17, 15) is 9.18 Å². The molecule has 0 heterocycles. The Morgan fingerprint density at radius 1 is 1.55 bits per heavy atom. The molecule has 0 amide bonds. The number of phenolic OH excluding ortho intramolecular Hbond substituents is 1. The van der Waals surface area contributed by atoms with Gasteiger partial charge in [-0.3, -0.25) is 4.79 Å². The highest BCUT2D eigenvalue weighted by Gasteiger charge is 2.05. The molecule has 0 radical (unpaired) electrons. The van der Waals surface area contributed by atoms with E-state index in [-0.39, 0.29) is 10.6 Å². The summed E-state index contributed by atoms with van der Waals surface area (Å²) >= 11 is 5.44. The van der Waals surface area contributed by atoms with E-state index in [4.69, 9.17) is 16.7 Å². The topological polar surface area (TPSA) is 37.3 Å². The predicted molar refractivity (Wildman–Crippen MR) is 38.5 cm³/mol. The minimum absolute atomic E-state index is 0.0296. The lowest BCUT2D eigenvalue weighted by molar-refractivity contribution is 0.112. The van der Waals surface area contributed by atoms with Gasteiger partial charge >= 0.3 is 0 Å². The summed E-state index contributed by atoms with van der Waals surface area (Å²) in [5.74, 6) is -1.41. The lowest BCUT2D eigenvalue weighted by Crippen LogP contribution is -1.84. The molecule has 0 spiro atoms. The third kappa shape index (κ3) is 1.49. The summed E-state index contributed by atoms with van der Waals surface area (Å²) in [6, 6.07) is 1.87. The molecule has 1 aromatic rings. The average Bonchev–Trinajstić information content (AvgIpc) is 1.97. The SMILES string of the molecule is O=Cc1cc(F)c(O)cc1Cl. The first-order valence-electron chi connectivity index (χ1n) is 2.78. The predicted octanol–water partition coefficient (Wildman–Crippen LogP) is 2.00. The highest BCUT2D eigenvalue weighted by Crippen LogP contribution is 2.23. The summed E-state index contributed by atoms with van der Waals surface area (Å²) < 4.78 is 12.5. The molecule has 11 heavy (non-hydrogen) atoms. The molecule has 0 saturated heterocycles. The standard InChI is InChI=1S/C7H4ClFO2/c8-5-2-7(11)6(9)1-4(5)3-10/h1-3,11H. The van der Waals surface area contributed by atoms with E-state index in [2.05, 4.69) is 0 Å².